The van der Waals surface area contributed by atoms with E-state index in [0.29, 0.717) is 0 Å². The maximum Gasteiger partial charge on any atom is 0.303 e. The monoisotopic (exact) mass is 911 g/mol. The highest BCUT2D eigenvalue weighted by Crippen LogP contribution is 2.09. The lowest BCUT2D eigenvalue weighted by Gasteiger charge is -2.23. The number of rotatable bonds is 24. The minimum atomic E-state index is -1.06. The van der Waals surface area contributed by atoms with E-state index in [1.807, 2.05) is 0 Å². The predicted molar refractivity (Wildman–Crippen MR) is 202 cm³/mol. The third-order valence-electron chi connectivity index (χ3n) is 7.46. The molecule has 0 aromatic heterocycles. The first-order valence-corrected chi connectivity index (χ1v) is 17.8. The molecule has 0 fully saturated rings. The third-order valence-corrected chi connectivity index (χ3v) is 8.65. The number of aliphatic carboxylic acids is 1. The number of amides is 11. The zero-order chi connectivity index (χ0) is 43.3. The molecule has 0 aliphatic rings. The van der Waals surface area contributed by atoms with Crippen molar-refractivity contribution in [2.75, 3.05) is 108 Å². The Morgan fingerprint density at radius 2 is 0.768 bits per heavy atom. The second-order valence-corrected chi connectivity index (χ2v) is 13.9. The van der Waals surface area contributed by atoms with Gasteiger partial charge in [0.1, 0.15) is 0 Å². The summed E-state index contributed by atoms with van der Waals surface area (Å²) in [5.74, 6) is -8.28. The first kappa shape index (κ1) is 50.4. The number of carbonyl (C=O) groups excluding carboxylic acids is 11. The van der Waals surface area contributed by atoms with Gasteiger partial charge in [-0.25, -0.2) is 0 Å². The molecule has 0 aromatic carbocycles. The van der Waals surface area contributed by atoms with Crippen LogP contribution in [0, 0.1) is 0 Å². The molecule has 25 heteroatoms. The number of carboxylic acid groups (broad SMARTS) is 1. The smallest absolute Gasteiger partial charge is 0.303 e. The summed E-state index contributed by atoms with van der Waals surface area (Å²) in [7, 11) is 7.77. The summed E-state index contributed by atoms with van der Waals surface area (Å²) in [5.41, 5.74) is 4.94. The van der Waals surface area contributed by atoms with Gasteiger partial charge in [0.05, 0.1) is 69.4 Å². The predicted octanol–water partition coefficient (Wildman–Crippen LogP) is -6.64. The Labute approximate surface area is 336 Å². The molecular weight excluding hydrogens is 861 g/mol. The van der Waals surface area contributed by atoms with E-state index in [1.165, 1.54) is 42.3 Å². The molecule has 0 unspecified atom stereocenters. The van der Waals surface area contributed by atoms with Crippen LogP contribution in [0.3, 0.4) is 0 Å². The Hall–Kier alpha value is -5.63. The number of likely N-dealkylation sites (N-methyl/N-ethyl adjacent to an activating group) is 6. The van der Waals surface area contributed by atoms with Crippen molar-refractivity contribution in [2.45, 2.75) is 16.8 Å². The minimum absolute atomic E-state index is 0.0726. The molecule has 0 spiro atoms. The molecule has 0 aromatic rings. The fraction of sp³-hybridized carbons (Fsp3) is 0.613. The number of hydrogen-bond acceptors (Lipinski definition) is 12. The number of carboxylic acids is 1. The maximum atomic E-state index is 12.6. The first-order valence-electron chi connectivity index (χ1n) is 16.6. The van der Waals surface area contributed by atoms with E-state index in [2.05, 4.69) is 21.3 Å². The summed E-state index contributed by atoms with van der Waals surface area (Å²) in [6, 6.07) is 0. The van der Waals surface area contributed by atoms with Gasteiger partial charge in [0.25, 0.3) is 0 Å². The second kappa shape index (κ2) is 25.4. The Balaban J connectivity index is 4.59. The van der Waals surface area contributed by atoms with Crippen molar-refractivity contribution in [1.82, 2.24) is 50.7 Å². The lowest BCUT2D eigenvalue weighted by Crippen LogP contribution is -2.49. The summed E-state index contributed by atoms with van der Waals surface area (Å²) < 4.78 is -0.672. The number of hydrogen-bond donors (Lipinski definition) is 6. The van der Waals surface area contributed by atoms with Gasteiger partial charge in [-0.05, 0) is 6.42 Å². The van der Waals surface area contributed by atoms with Gasteiger partial charge in [0.15, 0.2) is 0 Å². The van der Waals surface area contributed by atoms with Crippen molar-refractivity contribution in [1.29, 1.82) is 0 Å². The van der Waals surface area contributed by atoms with Gasteiger partial charge in [-0.15, -0.1) is 0 Å². The zero-order valence-electron chi connectivity index (χ0n) is 32.0. The van der Waals surface area contributed by atoms with Crippen molar-refractivity contribution in [3.05, 3.63) is 0 Å². The molecule has 0 radical (unpaired) electrons. The number of alkyl halides is 1. The van der Waals surface area contributed by atoms with E-state index in [9.17, 15) is 57.5 Å². The molecule has 0 saturated heterocycles. The largest absolute Gasteiger partial charge is 0.481 e. The molecule has 0 saturated carbocycles. The standard InChI is InChI=1S/C31H50IN11O13/c1-38(13-21(45)34-9-20(33)44)27(51)16-41(4)24(48)10-35-22(46)14-39(2)28(52)17-42(5)25(49)11-36-23(47)15-40(3)29(53)18-43(6)26(50)12-37-31(56)19(32)7-8-30(54)55/h19H,7-18H2,1-6H3,(H2,33,44)(H,34,45)(H,35,46)(H,36,47)(H,37,56)(H,54,55)/t19-/m1/s1. The molecule has 314 valence electrons. The summed E-state index contributed by atoms with van der Waals surface area (Å²) in [4.78, 5) is 151. The van der Waals surface area contributed by atoms with Crippen LogP contribution in [0.4, 0.5) is 0 Å². The second-order valence-electron chi connectivity index (χ2n) is 12.4. The summed E-state index contributed by atoms with van der Waals surface area (Å²) in [6.07, 6.45) is -0.146. The molecule has 11 amide bonds. The summed E-state index contributed by atoms with van der Waals surface area (Å²) >= 11 is 1.76. The Morgan fingerprint density at radius 1 is 0.482 bits per heavy atom. The summed E-state index contributed by atoms with van der Waals surface area (Å²) in [6.45, 7) is -4.57. The van der Waals surface area contributed by atoms with Gasteiger partial charge in [0, 0.05) is 48.7 Å². The molecule has 1 atom stereocenters. The number of halogens is 1. The molecular formula is C31H50IN11O13. The van der Waals surface area contributed by atoms with Gasteiger partial charge in [0.2, 0.25) is 65.0 Å². The SMILES string of the molecule is CN(CC(=O)NCC(N)=O)C(=O)CN(C)C(=O)CNC(=O)CN(C)C(=O)CN(C)C(=O)CNC(=O)CN(C)C(=O)CN(C)C(=O)CNC(=O)[C@H](I)CCC(=O)O. The van der Waals surface area contributed by atoms with Crippen LogP contribution in [0.1, 0.15) is 12.8 Å². The topological polar surface area (TPSA) is 319 Å². The molecule has 0 aliphatic carbocycles. The highest BCUT2D eigenvalue weighted by atomic mass is 127. The van der Waals surface area contributed by atoms with E-state index in [4.69, 9.17) is 10.8 Å². The fourth-order valence-corrected chi connectivity index (χ4v) is 4.44. The van der Waals surface area contributed by atoms with Crippen LogP contribution in [0.15, 0.2) is 0 Å². The zero-order valence-corrected chi connectivity index (χ0v) is 34.2. The van der Waals surface area contributed by atoms with Crippen LogP contribution in [0.5, 0.6) is 0 Å². The van der Waals surface area contributed by atoms with Gasteiger partial charge in [-0.1, -0.05) is 22.6 Å². The van der Waals surface area contributed by atoms with Crippen molar-refractivity contribution in [3.63, 3.8) is 0 Å². The molecule has 0 heterocycles. The molecule has 7 N–H and O–H groups in total. The van der Waals surface area contributed by atoms with E-state index in [-0.39, 0.29) is 12.8 Å². The fourth-order valence-electron chi connectivity index (χ4n) is 3.91. The van der Waals surface area contributed by atoms with Gasteiger partial charge in [-0.2, -0.15) is 0 Å². The number of nitrogens with two attached hydrogens (primary N) is 1. The Bertz CT molecular complexity index is 1510. The summed E-state index contributed by atoms with van der Waals surface area (Å²) in [5, 5.41) is 18.0. The van der Waals surface area contributed by atoms with Crippen LogP contribution in [0.2, 0.25) is 0 Å². The van der Waals surface area contributed by atoms with Crippen LogP contribution in [-0.4, -0.2) is 217 Å². The van der Waals surface area contributed by atoms with Gasteiger partial charge < -0.3 is 61.5 Å². The normalized spacial score (nSPS) is 10.8. The quantitative estimate of drug-likeness (QED) is 0.0388. The minimum Gasteiger partial charge on any atom is -0.481 e. The van der Waals surface area contributed by atoms with Crippen molar-refractivity contribution in [2.24, 2.45) is 5.73 Å². The molecule has 0 bridgehead atoms. The molecule has 24 nitrogen and oxygen atoms in total. The number of primary amides is 1. The van der Waals surface area contributed by atoms with E-state index >= 15 is 0 Å². The lowest BCUT2D eigenvalue weighted by atomic mass is 10.2. The number of nitrogens with one attached hydrogen (secondary N) is 4. The van der Waals surface area contributed by atoms with Crippen LogP contribution < -0.4 is 27.0 Å². The lowest BCUT2D eigenvalue weighted by molar-refractivity contribution is -0.141. The highest BCUT2D eigenvalue weighted by Gasteiger charge is 2.23. The Morgan fingerprint density at radius 3 is 1.07 bits per heavy atom. The highest BCUT2D eigenvalue weighted by molar-refractivity contribution is 14.1. The molecule has 0 rings (SSSR count). The average Bonchev–Trinajstić information content (AvgIpc) is 3.12. The van der Waals surface area contributed by atoms with Crippen molar-refractivity contribution < 1.29 is 62.6 Å². The maximum absolute atomic E-state index is 12.6. The third kappa shape index (κ3) is 21.3. The number of nitrogens with zero attached hydrogens (tertiary/aromatic N) is 6. The first-order chi connectivity index (χ1) is 25.9. The van der Waals surface area contributed by atoms with Crippen LogP contribution in [-0.2, 0) is 57.5 Å². The Kier molecular flexibility index (Phi) is 22.9. The van der Waals surface area contributed by atoms with Crippen LogP contribution >= 0.6 is 22.6 Å². The average molecular weight is 912 g/mol. The number of carbonyl (C=O) groups is 12. The van der Waals surface area contributed by atoms with E-state index in [0.717, 1.165) is 29.4 Å². The van der Waals surface area contributed by atoms with Crippen LogP contribution in [0.25, 0.3) is 0 Å². The van der Waals surface area contributed by atoms with E-state index < -0.39 is 140 Å². The molecule has 56 heavy (non-hydrogen) atoms. The van der Waals surface area contributed by atoms with Gasteiger partial charge in [-0.3, -0.25) is 57.5 Å². The van der Waals surface area contributed by atoms with Crippen molar-refractivity contribution in [3.8, 4) is 0 Å². The van der Waals surface area contributed by atoms with Crippen molar-refractivity contribution >= 4 is 93.5 Å². The molecule has 0 aliphatic heterocycles. The van der Waals surface area contributed by atoms with Gasteiger partial charge >= 0.3 is 5.97 Å². The van der Waals surface area contributed by atoms with E-state index in [1.54, 1.807) is 22.6 Å².